The Morgan fingerprint density at radius 2 is 1.57 bits per heavy atom. The van der Waals surface area contributed by atoms with Crippen molar-refractivity contribution >= 4 is 23.5 Å². The second-order valence-electron chi connectivity index (χ2n) is 6.94. The van der Waals surface area contributed by atoms with Crippen LogP contribution in [-0.4, -0.2) is 23.9 Å². The maximum atomic E-state index is 12.7. The maximum absolute atomic E-state index is 12.7. The van der Waals surface area contributed by atoms with Crippen molar-refractivity contribution in [2.45, 2.75) is 46.3 Å². The van der Waals surface area contributed by atoms with Crippen molar-refractivity contribution in [3.63, 3.8) is 0 Å². The van der Waals surface area contributed by atoms with Crippen LogP contribution in [0.5, 0.6) is 0 Å². The molecule has 0 heterocycles. The summed E-state index contributed by atoms with van der Waals surface area (Å²) in [5.74, 6) is -0.862. The van der Waals surface area contributed by atoms with Gasteiger partial charge in [0.2, 0.25) is 5.91 Å². The number of amides is 2. The topological polar surface area (TPSA) is 84.5 Å². The highest BCUT2D eigenvalue weighted by Gasteiger charge is 2.21. The Hall–Kier alpha value is -3.15. The van der Waals surface area contributed by atoms with Gasteiger partial charge in [0.25, 0.3) is 5.91 Å². The molecule has 1 unspecified atom stereocenters. The number of esters is 1. The van der Waals surface area contributed by atoms with Crippen molar-refractivity contribution in [3.05, 3.63) is 65.2 Å². The summed E-state index contributed by atoms with van der Waals surface area (Å²) in [6.07, 6.45) is -0.181. The lowest BCUT2D eigenvalue weighted by atomic mass is 10.0. The van der Waals surface area contributed by atoms with E-state index >= 15 is 0 Å². The standard InChI is InChI=1S/C22H26N2O4/c1-14(2)28-21(26)13-20(17-7-5-15(3)6-8-17)24-22(27)18-9-11-19(12-10-18)23-16(4)25/h5-12,14,20H,13H2,1-4H3,(H,23,25)(H,24,27). The van der Waals surface area contributed by atoms with Crippen LogP contribution in [-0.2, 0) is 14.3 Å². The normalized spacial score (nSPS) is 11.6. The minimum Gasteiger partial charge on any atom is -0.463 e. The average Bonchev–Trinajstić information content (AvgIpc) is 2.61. The number of aryl methyl sites for hydroxylation is 1. The van der Waals surface area contributed by atoms with Crippen LogP contribution in [0.15, 0.2) is 48.5 Å². The van der Waals surface area contributed by atoms with Gasteiger partial charge in [-0.3, -0.25) is 14.4 Å². The van der Waals surface area contributed by atoms with Crippen LogP contribution in [0.25, 0.3) is 0 Å². The van der Waals surface area contributed by atoms with E-state index in [-0.39, 0.29) is 30.3 Å². The first-order valence-electron chi connectivity index (χ1n) is 9.19. The molecule has 2 aromatic rings. The zero-order chi connectivity index (χ0) is 20.7. The molecule has 1 atom stereocenters. The molecular weight excluding hydrogens is 356 g/mol. The summed E-state index contributed by atoms with van der Waals surface area (Å²) in [4.78, 5) is 35.9. The third-order valence-corrected chi connectivity index (χ3v) is 3.99. The van der Waals surface area contributed by atoms with Gasteiger partial charge in [-0.25, -0.2) is 0 Å². The van der Waals surface area contributed by atoms with Crippen LogP contribution < -0.4 is 10.6 Å². The monoisotopic (exact) mass is 382 g/mol. The Kier molecular flexibility index (Phi) is 7.32. The Bertz CT molecular complexity index is 827. The van der Waals surface area contributed by atoms with Crippen molar-refractivity contribution in [3.8, 4) is 0 Å². The van der Waals surface area contributed by atoms with E-state index < -0.39 is 6.04 Å². The number of benzene rings is 2. The Morgan fingerprint density at radius 3 is 2.11 bits per heavy atom. The molecule has 2 aromatic carbocycles. The first kappa shape index (κ1) is 21.2. The largest absolute Gasteiger partial charge is 0.463 e. The fourth-order valence-corrected chi connectivity index (χ4v) is 2.68. The summed E-state index contributed by atoms with van der Waals surface area (Å²) in [6.45, 7) is 6.96. The molecule has 0 aromatic heterocycles. The summed E-state index contributed by atoms with van der Waals surface area (Å²) < 4.78 is 5.24. The number of carbonyl (C=O) groups excluding carboxylic acids is 3. The second-order valence-corrected chi connectivity index (χ2v) is 6.94. The summed E-state index contributed by atoms with van der Waals surface area (Å²) >= 11 is 0. The van der Waals surface area contributed by atoms with Gasteiger partial charge in [0.05, 0.1) is 18.6 Å². The molecule has 148 valence electrons. The van der Waals surface area contributed by atoms with Gasteiger partial charge < -0.3 is 15.4 Å². The molecule has 0 spiro atoms. The highest BCUT2D eigenvalue weighted by Crippen LogP contribution is 2.20. The van der Waals surface area contributed by atoms with Crippen LogP contribution >= 0.6 is 0 Å². The molecule has 2 amide bonds. The smallest absolute Gasteiger partial charge is 0.308 e. The third kappa shape index (κ3) is 6.54. The van der Waals surface area contributed by atoms with E-state index in [0.717, 1.165) is 11.1 Å². The lowest BCUT2D eigenvalue weighted by Gasteiger charge is -2.20. The number of hydrogen-bond donors (Lipinski definition) is 2. The van der Waals surface area contributed by atoms with Gasteiger partial charge >= 0.3 is 5.97 Å². The molecule has 6 nitrogen and oxygen atoms in total. The summed E-state index contributed by atoms with van der Waals surface area (Å²) in [5, 5.41) is 5.56. The third-order valence-electron chi connectivity index (χ3n) is 3.99. The van der Waals surface area contributed by atoms with E-state index in [9.17, 15) is 14.4 Å². The van der Waals surface area contributed by atoms with E-state index in [2.05, 4.69) is 10.6 Å². The first-order valence-corrected chi connectivity index (χ1v) is 9.19. The van der Waals surface area contributed by atoms with E-state index in [4.69, 9.17) is 4.74 Å². The van der Waals surface area contributed by atoms with Gasteiger partial charge in [-0.1, -0.05) is 29.8 Å². The molecule has 2 N–H and O–H groups in total. The van der Waals surface area contributed by atoms with E-state index in [0.29, 0.717) is 11.3 Å². The van der Waals surface area contributed by atoms with Crippen LogP contribution in [0.2, 0.25) is 0 Å². The number of ether oxygens (including phenoxy) is 1. The van der Waals surface area contributed by atoms with Gasteiger partial charge in [-0.2, -0.15) is 0 Å². The highest BCUT2D eigenvalue weighted by molar-refractivity contribution is 5.96. The average molecular weight is 382 g/mol. The van der Waals surface area contributed by atoms with E-state index in [1.807, 2.05) is 31.2 Å². The number of hydrogen-bond acceptors (Lipinski definition) is 4. The molecular formula is C22H26N2O4. The zero-order valence-corrected chi connectivity index (χ0v) is 16.6. The molecule has 0 radical (unpaired) electrons. The van der Waals surface area contributed by atoms with Crippen molar-refractivity contribution in [2.75, 3.05) is 5.32 Å². The molecule has 0 aliphatic carbocycles. The van der Waals surface area contributed by atoms with Crippen molar-refractivity contribution < 1.29 is 19.1 Å². The quantitative estimate of drug-likeness (QED) is 0.714. The van der Waals surface area contributed by atoms with Gasteiger partial charge in [0.15, 0.2) is 0 Å². The number of nitrogens with one attached hydrogen (secondary N) is 2. The lowest BCUT2D eigenvalue weighted by molar-refractivity contribution is -0.148. The fraction of sp³-hybridized carbons (Fsp3) is 0.318. The first-order chi connectivity index (χ1) is 13.2. The Morgan fingerprint density at radius 1 is 0.964 bits per heavy atom. The van der Waals surface area contributed by atoms with Crippen LogP contribution in [0.1, 0.15) is 54.7 Å². The van der Waals surface area contributed by atoms with Gasteiger partial charge in [-0.15, -0.1) is 0 Å². The van der Waals surface area contributed by atoms with Crippen molar-refractivity contribution in [1.82, 2.24) is 5.32 Å². The van der Waals surface area contributed by atoms with Crippen LogP contribution in [0, 0.1) is 6.92 Å². The van der Waals surface area contributed by atoms with Gasteiger partial charge in [-0.05, 0) is 50.6 Å². The van der Waals surface area contributed by atoms with E-state index in [1.165, 1.54) is 6.92 Å². The number of rotatable bonds is 7. The molecule has 0 aliphatic rings. The Labute approximate surface area is 165 Å². The minimum atomic E-state index is -0.505. The molecule has 28 heavy (non-hydrogen) atoms. The zero-order valence-electron chi connectivity index (χ0n) is 16.6. The van der Waals surface area contributed by atoms with Crippen molar-refractivity contribution in [2.24, 2.45) is 0 Å². The molecule has 6 heteroatoms. The molecule has 0 saturated carbocycles. The maximum Gasteiger partial charge on any atom is 0.308 e. The molecule has 0 saturated heterocycles. The predicted octanol–water partition coefficient (Wildman–Crippen LogP) is 3.77. The van der Waals surface area contributed by atoms with E-state index in [1.54, 1.807) is 38.1 Å². The highest BCUT2D eigenvalue weighted by atomic mass is 16.5. The minimum absolute atomic E-state index is 0.0386. The SMILES string of the molecule is CC(=O)Nc1ccc(C(=O)NC(CC(=O)OC(C)C)c2ccc(C)cc2)cc1. The van der Waals surface area contributed by atoms with Crippen LogP contribution in [0.3, 0.4) is 0 Å². The van der Waals surface area contributed by atoms with Gasteiger partial charge in [0.1, 0.15) is 0 Å². The van der Waals surface area contributed by atoms with Crippen molar-refractivity contribution in [1.29, 1.82) is 0 Å². The number of anilines is 1. The molecule has 0 fully saturated rings. The Balaban J connectivity index is 2.16. The lowest BCUT2D eigenvalue weighted by Crippen LogP contribution is -2.31. The van der Waals surface area contributed by atoms with Crippen LogP contribution in [0.4, 0.5) is 5.69 Å². The predicted molar refractivity (Wildman–Crippen MR) is 108 cm³/mol. The molecule has 0 aliphatic heterocycles. The summed E-state index contributed by atoms with van der Waals surface area (Å²) in [5.41, 5.74) is 2.96. The number of carbonyl (C=O) groups is 3. The second kappa shape index (κ2) is 9.69. The fourth-order valence-electron chi connectivity index (χ4n) is 2.68. The summed E-state index contributed by atoms with van der Waals surface area (Å²) in [6, 6.07) is 13.7. The summed E-state index contributed by atoms with van der Waals surface area (Å²) in [7, 11) is 0. The molecule has 2 rings (SSSR count). The van der Waals surface area contributed by atoms with Gasteiger partial charge in [0, 0.05) is 18.2 Å². The molecule has 0 bridgehead atoms.